The largest absolute Gasteiger partial charge is 0.225 e. The lowest BCUT2D eigenvalue weighted by molar-refractivity contribution is 0.217. The summed E-state index contributed by atoms with van der Waals surface area (Å²) in [5, 5.41) is -2.20. The summed E-state index contributed by atoms with van der Waals surface area (Å²) < 4.78 is 39.4. The Kier molecular flexibility index (Phi) is 2.86. The summed E-state index contributed by atoms with van der Waals surface area (Å²) in [6.07, 6.45) is 0.341. The van der Waals surface area contributed by atoms with Crippen molar-refractivity contribution in [1.29, 1.82) is 0 Å². The fourth-order valence-electron chi connectivity index (χ4n) is 2.33. The van der Waals surface area contributed by atoms with Gasteiger partial charge >= 0.3 is 0 Å². The first-order valence-corrected chi connectivity index (χ1v) is 7.01. The van der Waals surface area contributed by atoms with Gasteiger partial charge in [-0.05, 0) is 18.6 Å². The smallest absolute Gasteiger partial charge is 0.221 e. The standard InChI is InChI=1S/C13H15FO2S/c1-10-8-11(2)13(14,9-10)17(15,16)12-6-4-3-5-7-12/h3-7,11H,1,8-9H2,2H3/t11?,13-/m1/s1. The Morgan fingerprint density at radius 1 is 1.35 bits per heavy atom. The number of halogens is 1. The monoisotopic (exact) mass is 254 g/mol. The van der Waals surface area contributed by atoms with E-state index in [0.717, 1.165) is 0 Å². The maximum atomic E-state index is 14.8. The molecule has 1 aliphatic carbocycles. The minimum absolute atomic E-state index is 0.0454. The van der Waals surface area contributed by atoms with Gasteiger partial charge in [-0.1, -0.05) is 37.3 Å². The van der Waals surface area contributed by atoms with Gasteiger partial charge in [-0.2, -0.15) is 0 Å². The molecule has 0 saturated heterocycles. The number of sulfone groups is 1. The van der Waals surface area contributed by atoms with Crippen LogP contribution in [0.4, 0.5) is 4.39 Å². The summed E-state index contributed by atoms with van der Waals surface area (Å²) in [7, 11) is -3.95. The predicted molar refractivity (Wildman–Crippen MR) is 65.0 cm³/mol. The summed E-state index contributed by atoms with van der Waals surface area (Å²) in [4.78, 5) is 0.0454. The van der Waals surface area contributed by atoms with Crippen molar-refractivity contribution in [2.45, 2.75) is 29.7 Å². The third-order valence-corrected chi connectivity index (χ3v) is 5.66. The number of benzene rings is 1. The van der Waals surface area contributed by atoms with Gasteiger partial charge < -0.3 is 0 Å². The van der Waals surface area contributed by atoms with Gasteiger partial charge in [-0.15, -0.1) is 0 Å². The van der Waals surface area contributed by atoms with E-state index in [1.807, 2.05) is 0 Å². The second-order valence-electron chi connectivity index (χ2n) is 4.63. The fourth-order valence-corrected chi connectivity index (χ4v) is 4.24. The molecule has 2 nitrogen and oxygen atoms in total. The summed E-state index contributed by atoms with van der Waals surface area (Å²) in [6, 6.07) is 7.78. The second kappa shape index (κ2) is 3.95. The Morgan fingerprint density at radius 2 is 1.94 bits per heavy atom. The first kappa shape index (κ1) is 12.3. The van der Waals surface area contributed by atoms with E-state index in [1.54, 1.807) is 25.1 Å². The SMILES string of the molecule is C=C1CC(C)[C@](F)(S(=O)(=O)c2ccccc2)C1. The first-order chi connectivity index (χ1) is 7.88. The average Bonchev–Trinajstić information content (AvgIpc) is 2.55. The molecule has 2 rings (SSSR count). The molecule has 1 aliphatic rings. The third kappa shape index (κ3) is 1.80. The van der Waals surface area contributed by atoms with Crippen LogP contribution in [-0.4, -0.2) is 13.4 Å². The maximum absolute atomic E-state index is 14.8. The van der Waals surface area contributed by atoms with Crippen LogP contribution in [-0.2, 0) is 9.84 Å². The van der Waals surface area contributed by atoms with Crippen LogP contribution in [0.2, 0.25) is 0 Å². The van der Waals surface area contributed by atoms with Crippen molar-refractivity contribution in [2.75, 3.05) is 0 Å². The number of hydrogen-bond acceptors (Lipinski definition) is 2. The molecule has 92 valence electrons. The molecule has 0 spiro atoms. The second-order valence-corrected chi connectivity index (χ2v) is 6.79. The molecule has 1 saturated carbocycles. The Hall–Kier alpha value is -1.16. The summed E-state index contributed by atoms with van der Waals surface area (Å²) in [6.45, 7) is 5.33. The van der Waals surface area contributed by atoms with Crippen molar-refractivity contribution in [2.24, 2.45) is 5.92 Å². The molecule has 0 amide bonds. The van der Waals surface area contributed by atoms with Crippen molar-refractivity contribution in [3.05, 3.63) is 42.5 Å². The zero-order chi connectivity index (χ0) is 12.7. The summed E-state index contributed by atoms with van der Waals surface area (Å²) in [5.41, 5.74) is 0.666. The van der Waals surface area contributed by atoms with Gasteiger partial charge in [-0.3, -0.25) is 0 Å². The molecule has 0 radical (unpaired) electrons. The van der Waals surface area contributed by atoms with E-state index in [0.29, 0.717) is 12.0 Å². The lowest BCUT2D eigenvalue weighted by atomic mass is 10.1. The Morgan fingerprint density at radius 3 is 2.41 bits per heavy atom. The van der Waals surface area contributed by atoms with E-state index in [1.165, 1.54) is 12.1 Å². The van der Waals surface area contributed by atoms with Crippen molar-refractivity contribution < 1.29 is 12.8 Å². The third-order valence-electron chi connectivity index (χ3n) is 3.32. The number of allylic oxidation sites excluding steroid dienone is 1. The molecule has 1 aromatic rings. The van der Waals surface area contributed by atoms with Crippen LogP contribution in [0.1, 0.15) is 19.8 Å². The Balaban J connectivity index is 2.50. The zero-order valence-electron chi connectivity index (χ0n) is 9.69. The minimum atomic E-state index is -3.95. The molecule has 0 bridgehead atoms. The fraction of sp³-hybridized carbons (Fsp3) is 0.385. The van der Waals surface area contributed by atoms with Gasteiger partial charge in [0.05, 0.1) is 4.90 Å². The highest BCUT2D eigenvalue weighted by Crippen LogP contribution is 2.47. The minimum Gasteiger partial charge on any atom is -0.225 e. The van der Waals surface area contributed by atoms with Crippen LogP contribution in [0.25, 0.3) is 0 Å². The molecule has 0 heterocycles. The van der Waals surface area contributed by atoms with Gasteiger partial charge in [-0.25, -0.2) is 12.8 Å². The van der Waals surface area contributed by atoms with Crippen LogP contribution in [0.5, 0.6) is 0 Å². The average molecular weight is 254 g/mol. The molecule has 17 heavy (non-hydrogen) atoms. The van der Waals surface area contributed by atoms with E-state index >= 15 is 0 Å². The molecule has 0 N–H and O–H groups in total. The van der Waals surface area contributed by atoms with Crippen LogP contribution in [0.15, 0.2) is 47.4 Å². The Bertz CT molecular complexity index is 536. The van der Waals surface area contributed by atoms with Crippen molar-refractivity contribution in [1.82, 2.24) is 0 Å². The van der Waals surface area contributed by atoms with E-state index < -0.39 is 20.8 Å². The number of alkyl halides is 1. The molecule has 0 aliphatic heterocycles. The van der Waals surface area contributed by atoms with Crippen molar-refractivity contribution in [3.8, 4) is 0 Å². The molecule has 4 heteroatoms. The molecule has 1 fully saturated rings. The molecular formula is C13H15FO2S. The molecular weight excluding hydrogens is 239 g/mol. The lowest BCUT2D eigenvalue weighted by Gasteiger charge is -2.24. The van der Waals surface area contributed by atoms with E-state index in [2.05, 4.69) is 6.58 Å². The van der Waals surface area contributed by atoms with Crippen molar-refractivity contribution in [3.63, 3.8) is 0 Å². The molecule has 1 unspecified atom stereocenters. The number of hydrogen-bond donors (Lipinski definition) is 0. The van der Waals surface area contributed by atoms with Crippen molar-refractivity contribution >= 4 is 9.84 Å². The summed E-state index contributed by atoms with van der Waals surface area (Å²) >= 11 is 0. The topological polar surface area (TPSA) is 34.1 Å². The molecule has 1 aromatic carbocycles. The lowest BCUT2D eigenvalue weighted by Crippen LogP contribution is -2.36. The predicted octanol–water partition coefficient (Wildman–Crippen LogP) is 3.11. The molecule has 0 aromatic heterocycles. The van der Waals surface area contributed by atoms with Gasteiger partial charge in [0, 0.05) is 12.3 Å². The summed E-state index contributed by atoms with van der Waals surface area (Å²) in [5.74, 6) is -0.541. The highest BCUT2D eigenvalue weighted by molar-refractivity contribution is 7.92. The quantitative estimate of drug-likeness (QED) is 0.760. The van der Waals surface area contributed by atoms with Crippen LogP contribution < -0.4 is 0 Å². The van der Waals surface area contributed by atoms with Crippen LogP contribution >= 0.6 is 0 Å². The highest BCUT2D eigenvalue weighted by Gasteiger charge is 2.53. The van der Waals surface area contributed by atoms with Crippen LogP contribution in [0, 0.1) is 5.92 Å². The van der Waals surface area contributed by atoms with E-state index in [-0.39, 0.29) is 11.3 Å². The maximum Gasteiger partial charge on any atom is 0.221 e. The number of rotatable bonds is 2. The highest BCUT2D eigenvalue weighted by atomic mass is 32.2. The van der Waals surface area contributed by atoms with E-state index in [9.17, 15) is 12.8 Å². The van der Waals surface area contributed by atoms with Gasteiger partial charge in [0.25, 0.3) is 0 Å². The van der Waals surface area contributed by atoms with Gasteiger partial charge in [0.2, 0.25) is 14.8 Å². The van der Waals surface area contributed by atoms with Gasteiger partial charge in [0.1, 0.15) is 0 Å². The van der Waals surface area contributed by atoms with Crippen LogP contribution in [0.3, 0.4) is 0 Å². The molecule has 2 atom stereocenters. The first-order valence-electron chi connectivity index (χ1n) is 5.53. The van der Waals surface area contributed by atoms with E-state index in [4.69, 9.17) is 0 Å². The Labute approximate surface area is 101 Å². The normalized spacial score (nSPS) is 29.5. The van der Waals surface area contributed by atoms with Gasteiger partial charge in [0.15, 0.2) is 0 Å². The zero-order valence-corrected chi connectivity index (χ0v) is 10.5.